The van der Waals surface area contributed by atoms with E-state index in [2.05, 4.69) is 20.9 Å². The first-order chi connectivity index (χ1) is 9.47. The van der Waals surface area contributed by atoms with Gasteiger partial charge in [-0.15, -0.1) is 0 Å². The molecule has 0 aliphatic rings. The van der Waals surface area contributed by atoms with Crippen LogP contribution in [0.5, 0.6) is 0 Å². The van der Waals surface area contributed by atoms with E-state index in [1.54, 1.807) is 12.1 Å². The lowest BCUT2D eigenvalue weighted by atomic mass is 9.93. The fraction of sp³-hybridized carbons (Fsp3) is 0.357. The molecule has 0 N–H and O–H groups in total. The highest BCUT2D eigenvalue weighted by Crippen LogP contribution is 2.36. The third kappa shape index (κ3) is 2.52. The average Bonchev–Trinajstić information content (AvgIpc) is 2.44. The molecule has 2 rings (SSSR count). The van der Waals surface area contributed by atoms with Gasteiger partial charge in [0.25, 0.3) is 5.69 Å². The van der Waals surface area contributed by atoms with Gasteiger partial charge in [-0.05, 0) is 24.5 Å². The number of nitro benzene ring substituents is 1. The van der Waals surface area contributed by atoms with E-state index < -0.39 is 10.7 Å². The lowest BCUT2D eigenvalue weighted by Gasteiger charge is -2.19. The van der Waals surface area contributed by atoms with Gasteiger partial charge in [0.05, 0.1) is 21.9 Å². The number of benzene rings is 1. The summed E-state index contributed by atoms with van der Waals surface area (Å²) < 4.78 is 14.3. The van der Waals surface area contributed by atoms with Gasteiger partial charge in [-0.3, -0.25) is 15.1 Å². The van der Waals surface area contributed by atoms with E-state index in [-0.39, 0.29) is 16.4 Å². The van der Waals surface area contributed by atoms with Gasteiger partial charge in [-0.25, -0.2) is 4.39 Å². The Bertz CT molecular complexity index is 663. The molecule has 1 heterocycles. The van der Waals surface area contributed by atoms with Crippen molar-refractivity contribution in [1.29, 1.82) is 0 Å². The van der Waals surface area contributed by atoms with Gasteiger partial charge in [0, 0.05) is 16.6 Å². The highest BCUT2D eigenvalue weighted by Gasteiger charge is 2.25. The molecule has 6 heteroatoms. The van der Waals surface area contributed by atoms with E-state index in [0.717, 1.165) is 12.5 Å². The predicted molar refractivity (Wildman–Crippen MR) is 79.8 cm³/mol. The van der Waals surface area contributed by atoms with Crippen LogP contribution in [-0.4, -0.2) is 14.7 Å². The summed E-state index contributed by atoms with van der Waals surface area (Å²) in [5.74, 6) is -0.702. The second-order valence-corrected chi connectivity index (χ2v) is 5.84. The first-order valence-electron chi connectivity index (χ1n) is 6.33. The number of nitrogens with zero attached hydrogens (tertiary/aromatic N) is 2. The average molecular weight is 341 g/mol. The van der Waals surface area contributed by atoms with Crippen molar-refractivity contribution in [1.82, 2.24) is 4.98 Å². The number of pyridine rings is 1. The number of hydrogen-bond donors (Lipinski definition) is 0. The first kappa shape index (κ1) is 14.8. The quantitative estimate of drug-likeness (QED) is 0.465. The Morgan fingerprint density at radius 2 is 2.25 bits per heavy atom. The fourth-order valence-corrected chi connectivity index (χ4v) is 2.60. The van der Waals surface area contributed by atoms with Gasteiger partial charge in [0.2, 0.25) is 0 Å². The smallest absolute Gasteiger partial charge is 0.258 e. The van der Waals surface area contributed by atoms with Crippen LogP contribution in [-0.2, 0) is 0 Å². The molecule has 2 aromatic rings. The number of aromatic nitrogens is 1. The molecule has 2 unspecified atom stereocenters. The third-order valence-electron chi connectivity index (χ3n) is 3.44. The van der Waals surface area contributed by atoms with Crippen molar-refractivity contribution < 1.29 is 9.31 Å². The third-order valence-corrected chi connectivity index (χ3v) is 4.88. The predicted octanol–water partition coefficient (Wildman–Crippen LogP) is 4.56. The molecule has 1 aromatic heterocycles. The Morgan fingerprint density at radius 1 is 1.55 bits per heavy atom. The van der Waals surface area contributed by atoms with Gasteiger partial charge >= 0.3 is 0 Å². The van der Waals surface area contributed by atoms with Crippen LogP contribution in [0.15, 0.2) is 24.4 Å². The zero-order valence-electron chi connectivity index (χ0n) is 11.1. The summed E-state index contributed by atoms with van der Waals surface area (Å²) >= 11 is 3.52. The van der Waals surface area contributed by atoms with Crippen LogP contribution in [0.1, 0.15) is 31.7 Å². The molecular weight excluding hydrogens is 327 g/mol. The van der Waals surface area contributed by atoms with Crippen molar-refractivity contribution in [3.8, 4) is 0 Å². The SMILES string of the molecule is CCC(Br)C(C)c1c(F)cc([N+](=O)[O-])c2cccnc12. The molecule has 0 radical (unpaired) electrons. The van der Waals surface area contributed by atoms with Crippen LogP contribution in [0.25, 0.3) is 10.9 Å². The number of halogens is 2. The summed E-state index contributed by atoms with van der Waals surface area (Å²) in [6, 6.07) is 4.21. The highest BCUT2D eigenvalue weighted by atomic mass is 79.9. The first-order valence-corrected chi connectivity index (χ1v) is 7.24. The normalized spacial score (nSPS) is 14.2. The summed E-state index contributed by atoms with van der Waals surface area (Å²) in [7, 11) is 0. The number of nitro groups is 1. The van der Waals surface area contributed by atoms with Gasteiger partial charge < -0.3 is 0 Å². The standard InChI is InChI=1S/C14H14BrFN2O2/c1-3-10(15)8(2)13-11(16)7-12(18(19)20)9-5-4-6-17-14(9)13/h4-8,10H,3H2,1-2H3. The van der Waals surface area contributed by atoms with E-state index in [1.807, 2.05) is 13.8 Å². The van der Waals surface area contributed by atoms with E-state index in [0.29, 0.717) is 16.5 Å². The second-order valence-electron chi connectivity index (χ2n) is 4.66. The number of fused-ring (bicyclic) bond motifs is 1. The zero-order chi connectivity index (χ0) is 14.9. The second kappa shape index (κ2) is 5.83. The fourth-order valence-electron chi connectivity index (χ4n) is 2.33. The molecule has 0 aliphatic carbocycles. The van der Waals surface area contributed by atoms with Crippen molar-refractivity contribution >= 4 is 32.5 Å². The number of hydrogen-bond acceptors (Lipinski definition) is 3. The Balaban J connectivity index is 2.76. The van der Waals surface area contributed by atoms with Crippen molar-refractivity contribution in [3.05, 3.63) is 45.9 Å². The van der Waals surface area contributed by atoms with E-state index in [1.165, 1.54) is 6.20 Å². The minimum atomic E-state index is -0.576. The largest absolute Gasteiger partial charge is 0.281 e. The minimum Gasteiger partial charge on any atom is -0.258 e. The topological polar surface area (TPSA) is 56.0 Å². The van der Waals surface area contributed by atoms with Gasteiger partial charge in [-0.2, -0.15) is 0 Å². The molecule has 2 atom stereocenters. The summed E-state index contributed by atoms with van der Waals surface area (Å²) in [4.78, 5) is 14.7. The van der Waals surface area contributed by atoms with Crippen molar-refractivity contribution in [2.45, 2.75) is 31.0 Å². The van der Waals surface area contributed by atoms with Crippen LogP contribution in [0.2, 0.25) is 0 Å². The van der Waals surface area contributed by atoms with Gasteiger partial charge in [0.1, 0.15) is 5.82 Å². The molecule has 106 valence electrons. The van der Waals surface area contributed by atoms with Crippen LogP contribution < -0.4 is 0 Å². The summed E-state index contributed by atoms with van der Waals surface area (Å²) in [6.07, 6.45) is 2.35. The van der Waals surface area contributed by atoms with Crippen LogP contribution in [0, 0.1) is 15.9 Å². The van der Waals surface area contributed by atoms with Crippen molar-refractivity contribution in [2.24, 2.45) is 0 Å². The zero-order valence-corrected chi connectivity index (χ0v) is 12.7. The molecule has 20 heavy (non-hydrogen) atoms. The molecule has 0 amide bonds. The van der Waals surface area contributed by atoms with Crippen LogP contribution in [0.4, 0.5) is 10.1 Å². The molecule has 0 saturated carbocycles. The number of rotatable bonds is 4. The molecule has 4 nitrogen and oxygen atoms in total. The lowest BCUT2D eigenvalue weighted by molar-refractivity contribution is -0.383. The maximum Gasteiger partial charge on any atom is 0.281 e. The number of alkyl halides is 1. The number of non-ortho nitro benzene ring substituents is 1. The molecule has 1 aromatic carbocycles. The Hall–Kier alpha value is -1.56. The minimum absolute atomic E-state index is 0.0867. The Kier molecular flexibility index (Phi) is 4.32. The van der Waals surface area contributed by atoms with Crippen molar-refractivity contribution in [2.75, 3.05) is 0 Å². The molecular formula is C14H14BrFN2O2. The van der Waals surface area contributed by atoms with E-state index >= 15 is 0 Å². The molecule has 0 aliphatic heterocycles. The maximum atomic E-state index is 14.3. The van der Waals surface area contributed by atoms with E-state index in [9.17, 15) is 14.5 Å². The summed E-state index contributed by atoms with van der Waals surface area (Å²) in [5, 5.41) is 11.4. The monoisotopic (exact) mass is 340 g/mol. The molecule has 0 spiro atoms. The Labute approximate surface area is 124 Å². The van der Waals surface area contributed by atoms with Gasteiger partial charge in [0.15, 0.2) is 0 Å². The highest BCUT2D eigenvalue weighted by molar-refractivity contribution is 9.09. The lowest BCUT2D eigenvalue weighted by Crippen LogP contribution is -2.11. The van der Waals surface area contributed by atoms with Gasteiger partial charge in [-0.1, -0.05) is 29.8 Å². The maximum absolute atomic E-state index is 14.3. The van der Waals surface area contributed by atoms with Crippen LogP contribution in [0.3, 0.4) is 0 Å². The molecule has 0 fully saturated rings. The summed E-state index contributed by atoms with van der Waals surface area (Å²) in [6.45, 7) is 3.89. The van der Waals surface area contributed by atoms with E-state index in [4.69, 9.17) is 0 Å². The molecule has 0 bridgehead atoms. The van der Waals surface area contributed by atoms with Crippen molar-refractivity contribution in [3.63, 3.8) is 0 Å². The molecule has 0 saturated heterocycles. The summed E-state index contributed by atoms with van der Waals surface area (Å²) in [5.41, 5.74) is 0.545. The van der Waals surface area contributed by atoms with Crippen LogP contribution >= 0.6 is 15.9 Å². The Morgan fingerprint density at radius 3 is 2.85 bits per heavy atom.